The Labute approximate surface area is 161 Å². The topological polar surface area (TPSA) is 9.23 Å². The molecule has 0 fully saturated rings. The minimum atomic E-state index is -3.27. The summed E-state index contributed by atoms with van der Waals surface area (Å²) >= 11 is 7.83. The van der Waals surface area contributed by atoms with Gasteiger partial charge in [0.2, 0.25) is 0 Å². The molecule has 0 atom stereocenters. The van der Waals surface area contributed by atoms with E-state index in [2.05, 4.69) is 72.8 Å². The molecule has 0 saturated carbocycles. The quantitative estimate of drug-likeness (QED) is 0.309. The van der Waals surface area contributed by atoms with Crippen LogP contribution < -0.4 is 15.9 Å². The van der Waals surface area contributed by atoms with Crippen molar-refractivity contribution in [2.75, 3.05) is 13.0 Å². The molecule has 3 heteroatoms. The fourth-order valence-electron chi connectivity index (χ4n) is 3.28. The second-order valence-electron chi connectivity index (χ2n) is 6.26. The van der Waals surface area contributed by atoms with Crippen molar-refractivity contribution in [3.05, 3.63) is 103 Å². The third-order valence-corrected chi connectivity index (χ3v) is 11.5. The Kier molecular flexibility index (Phi) is 5.94. The summed E-state index contributed by atoms with van der Waals surface area (Å²) in [4.78, 5) is 0. The number of rotatable bonds is 7. The van der Waals surface area contributed by atoms with E-state index in [4.69, 9.17) is 16.0 Å². The van der Waals surface area contributed by atoms with Crippen molar-refractivity contribution in [2.45, 2.75) is 6.92 Å². The van der Waals surface area contributed by atoms with E-state index in [9.17, 15) is 0 Å². The van der Waals surface area contributed by atoms with E-state index < -0.39 is 5.96 Å². The molecular weight excluding hydrogens is 359 g/mol. The summed E-state index contributed by atoms with van der Waals surface area (Å²) in [5, 5.41) is 3.37. The molecular formula is C23H24ClOP. The first-order chi connectivity index (χ1) is 12.7. The molecule has 0 saturated heterocycles. The summed E-state index contributed by atoms with van der Waals surface area (Å²) in [7, 11) is 0. The monoisotopic (exact) mass is 382 g/mol. The number of allylic oxidation sites excluding steroid dienone is 1. The number of benzene rings is 3. The summed E-state index contributed by atoms with van der Waals surface area (Å²) in [6, 6.07) is 31.2. The Morgan fingerprint density at radius 2 is 1.12 bits per heavy atom. The van der Waals surface area contributed by atoms with Crippen LogP contribution in [0, 0.1) is 0 Å². The van der Waals surface area contributed by atoms with Gasteiger partial charge in [-0.2, -0.15) is 0 Å². The van der Waals surface area contributed by atoms with E-state index >= 15 is 0 Å². The van der Waals surface area contributed by atoms with Gasteiger partial charge in [-0.05, 0) is 0 Å². The molecule has 134 valence electrons. The van der Waals surface area contributed by atoms with Crippen molar-refractivity contribution in [3.8, 4) is 0 Å². The second-order valence-corrected chi connectivity index (χ2v) is 12.7. The molecule has 0 aromatic heterocycles. The average molecular weight is 383 g/mol. The van der Waals surface area contributed by atoms with Gasteiger partial charge in [0.05, 0.1) is 0 Å². The zero-order valence-electron chi connectivity index (χ0n) is 15.0. The molecule has 0 aliphatic rings. The second kappa shape index (κ2) is 8.18. The number of ether oxygens (including phenoxy) is 1. The van der Waals surface area contributed by atoms with Gasteiger partial charge >= 0.3 is 161 Å². The molecule has 3 rings (SSSR count). The van der Waals surface area contributed by atoms with Crippen LogP contribution in [0.2, 0.25) is 0 Å². The van der Waals surface area contributed by atoms with Gasteiger partial charge in [0, 0.05) is 0 Å². The van der Waals surface area contributed by atoms with Crippen LogP contribution in [0.15, 0.2) is 103 Å². The van der Waals surface area contributed by atoms with Gasteiger partial charge in [0.1, 0.15) is 0 Å². The van der Waals surface area contributed by atoms with Crippen molar-refractivity contribution < 1.29 is 4.74 Å². The van der Waals surface area contributed by atoms with Crippen LogP contribution in [0.5, 0.6) is 0 Å². The molecule has 0 amide bonds. The average Bonchev–Trinajstić information content (AvgIpc) is 2.73. The van der Waals surface area contributed by atoms with E-state index in [1.165, 1.54) is 0 Å². The van der Waals surface area contributed by atoms with Crippen molar-refractivity contribution >= 4 is 33.1 Å². The van der Waals surface area contributed by atoms with Gasteiger partial charge in [-0.3, -0.25) is 0 Å². The summed E-state index contributed by atoms with van der Waals surface area (Å²) in [6.07, 6.45) is 4.46. The first kappa shape index (κ1) is 18.9. The van der Waals surface area contributed by atoms with E-state index in [0.29, 0.717) is 13.0 Å². The summed E-state index contributed by atoms with van der Waals surface area (Å²) in [5.74, 6) is -3.27. The van der Waals surface area contributed by atoms with Crippen LogP contribution in [0.3, 0.4) is 0 Å². The maximum absolute atomic E-state index is 7.83. The molecule has 0 bridgehead atoms. The summed E-state index contributed by atoms with van der Waals surface area (Å²) < 4.78 is 6.15. The molecule has 0 heterocycles. The van der Waals surface area contributed by atoms with Crippen LogP contribution in [-0.2, 0) is 4.74 Å². The van der Waals surface area contributed by atoms with Crippen LogP contribution >= 0.6 is 17.2 Å². The first-order valence-electron chi connectivity index (χ1n) is 8.78. The molecule has 0 spiro atoms. The number of hydrogen-bond donors (Lipinski definition) is 0. The number of hydrogen-bond acceptors (Lipinski definition) is 1. The molecule has 0 unspecified atom stereocenters. The summed E-state index contributed by atoms with van der Waals surface area (Å²) in [5.41, 5.74) is 0. The zero-order chi connectivity index (χ0) is 18.3. The molecule has 0 aliphatic heterocycles. The van der Waals surface area contributed by atoms with Crippen molar-refractivity contribution in [1.29, 1.82) is 0 Å². The maximum atomic E-state index is 7.83. The van der Waals surface area contributed by atoms with Gasteiger partial charge in [-0.15, -0.1) is 0 Å². The molecule has 3 aromatic carbocycles. The Morgan fingerprint density at radius 3 is 1.46 bits per heavy atom. The summed E-state index contributed by atoms with van der Waals surface area (Å²) in [6.45, 7) is 2.54. The Morgan fingerprint density at radius 1 is 0.731 bits per heavy atom. The molecule has 0 N–H and O–H groups in total. The van der Waals surface area contributed by atoms with E-state index in [1.54, 1.807) is 0 Å². The van der Waals surface area contributed by atoms with Gasteiger partial charge in [0.25, 0.3) is 0 Å². The third-order valence-electron chi connectivity index (χ3n) is 4.67. The van der Waals surface area contributed by atoms with Gasteiger partial charge in [-0.1, -0.05) is 0 Å². The molecule has 3 aromatic rings. The van der Waals surface area contributed by atoms with Crippen molar-refractivity contribution in [2.24, 2.45) is 0 Å². The van der Waals surface area contributed by atoms with E-state index in [1.807, 2.05) is 37.3 Å². The van der Waals surface area contributed by atoms with Crippen LogP contribution in [-0.4, -0.2) is 13.0 Å². The molecule has 26 heavy (non-hydrogen) atoms. The van der Waals surface area contributed by atoms with Gasteiger partial charge < -0.3 is 0 Å². The predicted octanol–water partition coefficient (Wildman–Crippen LogP) is 5.22. The van der Waals surface area contributed by atoms with Crippen molar-refractivity contribution in [3.63, 3.8) is 0 Å². The predicted molar refractivity (Wildman–Crippen MR) is 117 cm³/mol. The van der Waals surface area contributed by atoms with Crippen LogP contribution in [0.1, 0.15) is 6.92 Å². The molecule has 1 nitrogen and oxygen atoms in total. The van der Waals surface area contributed by atoms with Gasteiger partial charge in [0.15, 0.2) is 0 Å². The molecule has 0 radical (unpaired) electrons. The van der Waals surface area contributed by atoms with Crippen LogP contribution in [0.25, 0.3) is 0 Å². The van der Waals surface area contributed by atoms with E-state index in [-0.39, 0.29) is 0 Å². The number of halogens is 1. The Hall–Kier alpha value is -1.92. The van der Waals surface area contributed by atoms with E-state index in [0.717, 1.165) is 15.9 Å². The van der Waals surface area contributed by atoms with Gasteiger partial charge in [-0.25, -0.2) is 0 Å². The minimum absolute atomic E-state index is 0.454. The van der Waals surface area contributed by atoms with Crippen molar-refractivity contribution in [1.82, 2.24) is 0 Å². The SMILES string of the molecule is C/C=C/COCP(Cl)(c1ccccc1)(c1ccccc1)c1ccccc1. The first-order valence-corrected chi connectivity index (χ1v) is 12.1. The Bertz CT molecular complexity index is 748. The fourth-order valence-corrected chi connectivity index (χ4v) is 8.67. The molecule has 0 aliphatic carbocycles. The Balaban J connectivity index is 2.28. The standard InChI is InChI=1S/C23H24ClOP/c1-2-3-19-25-20-26(24,21-13-7-4-8-14-21,22-15-9-5-10-16-22)23-17-11-6-12-18-23/h2-18H,19-20H2,1H3/b3-2+. The van der Waals surface area contributed by atoms with Crippen LogP contribution in [0.4, 0.5) is 0 Å². The zero-order valence-corrected chi connectivity index (χ0v) is 16.6. The third kappa shape index (κ3) is 3.35. The fraction of sp³-hybridized carbons (Fsp3) is 0.130. The normalized spacial score (nSPS) is 13.4.